The number of alkyl halides is 3. The predicted molar refractivity (Wildman–Crippen MR) is 82.3 cm³/mol. The normalized spacial score (nSPS) is 11.3. The van der Waals surface area contributed by atoms with Crippen LogP contribution in [0.2, 0.25) is 10.0 Å². The van der Waals surface area contributed by atoms with Gasteiger partial charge < -0.3 is 10.1 Å². The molecule has 0 bridgehead atoms. The molecule has 0 atom stereocenters. The van der Waals surface area contributed by atoms with Gasteiger partial charge in [-0.3, -0.25) is 4.79 Å². The maximum Gasteiger partial charge on any atom is 0.422 e. The van der Waals surface area contributed by atoms with Crippen LogP contribution in [0.15, 0.2) is 30.3 Å². The number of carbonyl (C=O) groups is 1. The van der Waals surface area contributed by atoms with Crippen molar-refractivity contribution in [3.63, 3.8) is 0 Å². The summed E-state index contributed by atoms with van der Waals surface area (Å²) < 4.78 is 67.8. The summed E-state index contributed by atoms with van der Waals surface area (Å²) in [6, 6.07) is 4.68. The van der Waals surface area contributed by atoms with Crippen molar-refractivity contribution in [2.24, 2.45) is 0 Å². The second-order valence-electron chi connectivity index (χ2n) is 4.74. The largest absolute Gasteiger partial charge is 0.482 e. The summed E-state index contributed by atoms with van der Waals surface area (Å²) in [7, 11) is 0. The van der Waals surface area contributed by atoms with Gasteiger partial charge in [0.2, 0.25) is 0 Å². The first kappa shape index (κ1) is 19.3. The van der Waals surface area contributed by atoms with E-state index in [9.17, 15) is 26.7 Å². The molecule has 2 aromatic carbocycles. The molecule has 0 heterocycles. The third-order valence-corrected chi connectivity index (χ3v) is 3.38. The van der Waals surface area contributed by atoms with Crippen molar-refractivity contribution in [2.45, 2.75) is 6.18 Å². The molecule has 0 spiro atoms. The first-order valence-electron chi connectivity index (χ1n) is 6.52. The Morgan fingerprint density at radius 1 is 1.08 bits per heavy atom. The summed E-state index contributed by atoms with van der Waals surface area (Å²) in [6.45, 7) is -1.59. The Balaban J connectivity index is 2.28. The Labute approximate surface area is 148 Å². The quantitative estimate of drug-likeness (QED) is 0.547. The summed E-state index contributed by atoms with van der Waals surface area (Å²) in [5.41, 5.74) is -0.607. The molecule has 3 nitrogen and oxygen atoms in total. The third kappa shape index (κ3) is 5.20. The minimum Gasteiger partial charge on any atom is -0.482 e. The first-order valence-corrected chi connectivity index (χ1v) is 7.27. The zero-order valence-corrected chi connectivity index (χ0v) is 13.6. The third-order valence-electron chi connectivity index (χ3n) is 2.84. The average Bonchev–Trinajstić information content (AvgIpc) is 2.49. The van der Waals surface area contributed by atoms with Gasteiger partial charge in [0, 0.05) is 5.02 Å². The number of carbonyl (C=O) groups excluding carboxylic acids is 1. The Bertz CT molecular complexity index is 811. The zero-order chi connectivity index (χ0) is 18.8. The van der Waals surface area contributed by atoms with Crippen molar-refractivity contribution in [1.29, 1.82) is 0 Å². The fourth-order valence-corrected chi connectivity index (χ4v) is 2.18. The van der Waals surface area contributed by atoms with E-state index < -0.39 is 35.9 Å². The molecule has 2 aromatic rings. The van der Waals surface area contributed by atoms with Crippen LogP contribution in [0.1, 0.15) is 10.4 Å². The summed E-state index contributed by atoms with van der Waals surface area (Å²) >= 11 is 11.4. The van der Waals surface area contributed by atoms with Crippen molar-refractivity contribution < 1.29 is 31.5 Å². The SMILES string of the molecule is O=C(Nc1cc(Cl)ccc1OCC(F)(F)F)c1cc(F)c(F)cc1Cl. The maximum atomic E-state index is 13.3. The maximum absolute atomic E-state index is 13.3. The fraction of sp³-hybridized carbons (Fsp3) is 0.133. The molecule has 2 rings (SSSR count). The average molecular weight is 400 g/mol. The number of ether oxygens (including phenoxy) is 1. The minimum absolute atomic E-state index is 0.103. The lowest BCUT2D eigenvalue weighted by atomic mass is 10.2. The molecular weight excluding hydrogens is 392 g/mol. The van der Waals surface area contributed by atoms with Crippen molar-refractivity contribution in [1.82, 2.24) is 0 Å². The van der Waals surface area contributed by atoms with Gasteiger partial charge in [0.25, 0.3) is 5.91 Å². The monoisotopic (exact) mass is 399 g/mol. The van der Waals surface area contributed by atoms with E-state index in [0.717, 1.165) is 12.1 Å². The fourth-order valence-electron chi connectivity index (χ4n) is 1.77. The van der Waals surface area contributed by atoms with Crippen LogP contribution in [-0.2, 0) is 0 Å². The molecule has 0 radical (unpaired) electrons. The first-order chi connectivity index (χ1) is 11.6. The lowest BCUT2D eigenvalue weighted by molar-refractivity contribution is -0.153. The van der Waals surface area contributed by atoms with Crippen LogP contribution in [0.4, 0.5) is 27.6 Å². The number of hydrogen-bond donors (Lipinski definition) is 1. The molecule has 25 heavy (non-hydrogen) atoms. The highest BCUT2D eigenvalue weighted by Gasteiger charge is 2.29. The zero-order valence-electron chi connectivity index (χ0n) is 12.1. The van der Waals surface area contributed by atoms with Gasteiger partial charge in [-0.25, -0.2) is 8.78 Å². The molecule has 10 heteroatoms. The number of anilines is 1. The van der Waals surface area contributed by atoms with Gasteiger partial charge >= 0.3 is 6.18 Å². The molecule has 0 aliphatic carbocycles. The lowest BCUT2D eigenvalue weighted by Crippen LogP contribution is -2.20. The predicted octanol–water partition coefficient (Wildman–Crippen LogP) is 5.47. The second-order valence-corrected chi connectivity index (χ2v) is 5.59. The highest BCUT2D eigenvalue weighted by molar-refractivity contribution is 6.34. The van der Waals surface area contributed by atoms with E-state index in [2.05, 4.69) is 10.1 Å². The highest BCUT2D eigenvalue weighted by atomic mass is 35.5. The summed E-state index contributed by atoms with van der Waals surface area (Å²) in [5, 5.41) is 1.93. The molecule has 1 N–H and O–H groups in total. The van der Waals surface area contributed by atoms with Gasteiger partial charge in [0.1, 0.15) is 5.75 Å². The van der Waals surface area contributed by atoms with Gasteiger partial charge in [-0.15, -0.1) is 0 Å². The molecule has 0 unspecified atom stereocenters. The Morgan fingerprint density at radius 2 is 1.72 bits per heavy atom. The number of hydrogen-bond acceptors (Lipinski definition) is 2. The summed E-state index contributed by atoms with van der Waals surface area (Å²) in [4.78, 5) is 12.2. The number of benzene rings is 2. The topological polar surface area (TPSA) is 38.3 Å². The van der Waals surface area contributed by atoms with E-state index in [-0.39, 0.29) is 21.5 Å². The molecule has 134 valence electrons. The van der Waals surface area contributed by atoms with E-state index >= 15 is 0 Å². The molecule has 0 fully saturated rings. The Kier molecular flexibility index (Phi) is 5.74. The van der Waals surface area contributed by atoms with E-state index in [4.69, 9.17) is 23.2 Å². The standard InChI is InChI=1S/C15H8Cl2F5NO2/c16-7-1-2-13(25-6-15(20,21)22)12(3-7)23-14(24)8-4-10(18)11(19)5-9(8)17/h1-5H,6H2,(H,23,24). The van der Waals surface area contributed by atoms with E-state index in [0.29, 0.717) is 12.1 Å². The second kappa shape index (κ2) is 7.45. The smallest absolute Gasteiger partial charge is 0.422 e. The molecule has 0 aliphatic heterocycles. The number of halogens is 7. The van der Waals surface area contributed by atoms with E-state index in [1.54, 1.807) is 0 Å². The van der Waals surface area contributed by atoms with Crippen LogP contribution < -0.4 is 10.1 Å². The van der Waals surface area contributed by atoms with Crippen molar-refractivity contribution in [3.8, 4) is 5.75 Å². The van der Waals surface area contributed by atoms with Crippen LogP contribution in [0.3, 0.4) is 0 Å². The van der Waals surface area contributed by atoms with Gasteiger partial charge in [0.15, 0.2) is 18.2 Å². The Morgan fingerprint density at radius 3 is 2.36 bits per heavy atom. The highest BCUT2D eigenvalue weighted by Crippen LogP contribution is 2.31. The van der Waals surface area contributed by atoms with Crippen molar-refractivity contribution in [2.75, 3.05) is 11.9 Å². The van der Waals surface area contributed by atoms with Gasteiger partial charge in [-0.05, 0) is 30.3 Å². The van der Waals surface area contributed by atoms with Crippen molar-refractivity contribution >= 4 is 34.8 Å². The van der Waals surface area contributed by atoms with Crippen LogP contribution in [-0.4, -0.2) is 18.7 Å². The number of amides is 1. The summed E-state index contributed by atoms with van der Waals surface area (Å²) in [6.07, 6.45) is -4.59. The van der Waals surface area contributed by atoms with Gasteiger partial charge in [-0.2, -0.15) is 13.2 Å². The van der Waals surface area contributed by atoms with Crippen LogP contribution in [0, 0.1) is 11.6 Å². The Hall–Kier alpha value is -2.06. The van der Waals surface area contributed by atoms with Crippen LogP contribution in [0.25, 0.3) is 0 Å². The van der Waals surface area contributed by atoms with Gasteiger partial charge in [-0.1, -0.05) is 23.2 Å². The molecule has 0 aromatic heterocycles. The number of nitrogens with one attached hydrogen (secondary N) is 1. The minimum atomic E-state index is -4.59. The van der Waals surface area contributed by atoms with E-state index in [1.807, 2.05) is 0 Å². The lowest BCUT2D eigenvalue weighted by Gasteiger charge is -2.14. The molecule has 0 aliphatic rings. The van der Waals surface area contributed by atoms with Crippen molar-refractivity contribution in [3.05, 3.63) is 57.6 Å². The molecule has 0 saturated heterocycles. The van der Waals surface area contributed by atoms with Gasteiger partial charge in [0.05, 0.1) is 16.3 Å². The van der Waals surface area contributed by atoms with Crippen LogP contribution in [0.5, 0.6) is 5.75 Å². The number of rotatable bonds is 4. The molecular formula is C15H8Cl2F5NO2. The summed E-state index contributed by atoms with van der Waals surface area (Å²) in [5.74, 6) is -3.86. The molecule has 0 saturated carbocycles. The van der Waals surface area contributed by atoms with E-state index in [1.165, 1.54) is 6.07 Å². The molecule has 1 amide bonds. The van der Waals surface area contributed by atoms with Crippen LogP contribution >= 0.6 is 23.2 Å².